The van der Waals surface area contributed by atoms with Gasteiger partial charge >= 0.3 is 0 Å². The third kappa shape index (κ3) is 14.8. The van der Waals surface area contributed by atoms with Gasteiger partial charge in [0, 0.05) is 16.5 Å². The van der Waals surface area contributed by atoms with E-state index in [9.17, 15) is 0 Å². The van der Waals surface area contributed by atoms with Gasteiger partial charge < -0.3 is 0 Å². The number of hydrogen-bond donors (Lipinski definition) is 0. The van der Waals surface area contributed by atoms with Crippen LogP contribution in [0, 0.1) is 0 Å². The van der Waals surface area contributed by atoms with E-state index in [-0.39, 0.29) is 16.5 Å². The molecule has 38 heavy (non-hydrogen) atoms. The van der Waals surface area contributed by atoms with Gasteiger partial charge in [0.25, 0.3) is 0 Å². The van der Waals surface area contributed by atoms with Gasteiger partial charge in [-0.25, -0.2) is 0 Å². The van der Waals surface area contributed by atoms with Crippen molar-refractivity contribution in [3.8, 4) is 0 Å². The van der Waals surface area contributed by atoms with Crippen molar-refractivity contribution in [2.45, 2.75) is 124 Å². The number of rotatable bonds is 20. The second kappa shape index (κ2) is 22.9. The van der Waals surface area contributed by atoms with Gasteiger partial charge in [-0.2, -0.15) is 0 Å². The molecule has 2 rings (SSSR count). The summed E-state index contributed by atoms with van der Waals surface area (Å²) in [7, 11) is 0. The molecular formula is C35H52N2Ni. The maximum Gasteiger partial charge on any atom is 0.0665 e. The predicted octanol–water partition coefficient (Wildman–Crippen LogP) is 11.5. The fraction of sp³-hybridized carbons (Fsp3) is 0.543. The van der Waals surface area contributed by atoms with Gasteiger partial charge in [0.15, 0.2) is 0 Å². The topological polar surface area (TPSA) is 24.7 Å². The van der Waals surface area contributed by atoms with Crippen molar-refractivity contribution in [3.05, 3.63) is 72.3 Å². The minimum absolute atomic E-state index is 0. The Labute approximate surface area is 244 Å². The second-order valence-electron chi connectivity index (χ2n) is 10.2. The van der Waals surface area contributed by atoms with E-state index in [2.05, 4.69) is 69.3 Å². The van der Waals surface area contributed by atoms with E-state index >= 15 is 0 Å². The first-order valence-corrected chi connectivity index (χ1v) is 15.2. The molecule has 0 aliphatic carbocycles. The maximum absolute atomic E-state index is 5.21. The standard InChI is InChI=1S/C35H52N2.Ni/c1-4-7-9-10-11-12-13-14-15-16-17-18-20-25-31-26-23-24-30-34(31)37-35(29-8-5-2)33(6-3)36-32-27-21-19-22-28-32;/h17-19,21-24,26-28,30H,4-16,20,25,29H2,1-3H3;. The van der Waals surface area contributed by atoms with E-state index in [0.717, 1.165) is 61.3 Å². The van der Waals surface area contributed by atoms with E-state index in [1.807, 2.05) is 18.2 Å². The van der Waals surface area contributed by atoms with Crippen LogP contribution in [-0.2, 0) is 22.9 Å². The minimum Gasteiger partial charge on any atom is -0.252 e. The van der Waals surface area contributed by atoms with Crippen LogP contribution in [-0.4, -0.2) is 11.4 Å². The Balaban J connectivity index is 0.00000722. The van der Waals surface area contributed by atoms with E-state index in [1.54, 1.807) is 0 Å². The first kappa shape index (κ1) is 34.0. The summed E-state index contributed by atoms with van der Waals surface area (Å²) >= 11 is 0. The normalized spacial score (nSPS) is 12.2. The first-order valence-electron chi connectivity index (χ1n) is 15.2. The molecule has 0 amide bonds. The zero-order chi connectivity index (χ0) is 26.4. The van der Waals surface area contributed by atoms with Crippen LogP contribution in [0.5, 0.6) is 0 Å². The first-order chi connectivity index (χ1) is 18.3. The summed E-state index contributed by atoms with van der Waals surface area (Å²) in [5, 5.41) is 0. The molecule has 0 aliphatic rings. The summed E-state index contributed by atoms with van der Waals surface area (Å²) in [5.74, 6) is 0. The van der Waals surface area contributed by atoms with Crippen LogP contribution in [0.4, 0.5) is 11.4 Å². The van der Waals surface area contributed by atoms with E-state index in [1.165, 1.54) is 69.8 Å². The van der Waals surface area contributed by atoms with Crippen LogP contribution in [0.3, 0.4) is 0 Å². The number of aryl methyl sites for hydroxylation is 1. The zero-order valence-corrected chi connectivity index (χ0v) is 25.4. The van der Waals surface area contributed by atoms with Crippen molar-refractivity contribution < 1.29 is 16.5 Å². The molecule has 0 radical (unpaired) electrons. The number of allylic oxidation sites excluding steroid dienone is 2. The Kier molecular flexibility index (Phi) is 20.6. The van der Waals surface area contributed by atoms with E-state index in [4.69, 9.17) is 9.98 Å². The molecule has 0 heterocycles. The Bertz CT molecular complexity index is 930. The molecule has 2 aromatic rings. The molecule has 0 saturated heterocycles. The number of hydrogen-bond acceptors (Lipinski definition) is 2. The molecule has 2 aromatic carbocycles. The molecule has 0 saturated carbocycles. The van der Waals surface area contributed by atoms with Crippen LogP contribution in [0.25, 0.3) is 0 Å². The molecule has 0 unspecified atom stereocenters. The molecule has 0 spiro atoms. The second-order valence-corrected chi connectivity index (χ2v) is 10.2. The number of para-hydroxylation sites is 2. The summed E-state index contributed by atoms with van der Waals surface area (Å²) in [5.41, 5.74) is 5.69. The van der Waals surface area contributed by atoms with Crippen molar-refractivity contribution in [2.24, 2.45) is 9.98 Å². The zero-order valence-electron chi connectivity index (χ0n) is 24.4. The van der Waals surface area contributed by atoms with Crippen LogP contribution in [0.15, 0.2) is 76.7 Å². The van der Waals surface area contributed by atoms with Gasteiger partial charge in [-0.15, -0.1) is 0 Å². The van der Waals surface area contributed by atoms with Crippen LogP contribution < -0.4 is 0 Å². The maximum atomic E-state index is 5.21. The molecule has 0 atom stereocenters. The molecule has 0 aliphatic heterocycles. The number of benzene rings is 2. The van der Waals surface area contributed by atoms with Crippen molar-refractivity contribution >= 4 is 22.8 Å². The van der Waals surface area contributed by atoms with E-state index < -0.39 is 0 Å². The number of aliphatic imine (C=N–C) groups is 2. The van der Waals surface area contributed by atoms with Gasteiger partial charge in [0.1, 0.15) is 0 Å². The minimum atomic E-state index is 0. The SMILES string of the molecule is CCCCCCCCCCCC=CCCc1ccccc1N=C(CCCC)C(CC)=Nc1ccccc1.[Ni]. The summed E-state index contributed by atoms with van der Waals surface area (Å²) < 4.78 is 0. The van der Waals surface area contributed by atoms with Crippen LogP contribution in [0.1, 0.15) is 123 Å². The quantitative estimate of drug-likeness (QED) is 0.0667. The fourth-order valence-electron chi connectivity index (χ4n) is 4.64. The Hall–Kier alpha value is -1.99. The van der Waals surface area contributed by atoms with Crippen molar-refractivity contribution in [3.63, 3.8) is 0 Å². The van der Waals surface area contributed by atoms with Gasteiger partial charge in [-0.05, 0) is 68.7 Å². The summed E-state index contributed by atoms with van der Waals surface area (Å²) in [4.78, 5) is 10.2. The fourth-order valence-corrected chi connectivity index (χ4v) is 4.64. The average molecular weight is 560 g/mol. The molecule has 212 valence electrons. The molecule has 0 fully saturated rings. The average Bonchev–Trinajstić information content (AvgIpc) is 2.93. The van der Waals surface area contributed by atoms with Gasteiger partial charge in [0.2, 0.25) is 0 Å². The Morgan fingerprint density at radius 2 is 1.21 bits per heavy atom. The summed E-state index contributed by atoms with van der Waals surface area (Å²) in [6.45, 7) is 6.72. The van der Waals surface area contributed by atoms with Crippen molar-refractivity contribution in [1.82, 2.24) is 0 Å². The largest absolute Gasteiger partial charge is 0.252 e. The van der Waals surface area contributed by atoms with E-state index in [0.29, 0.717) is 0 Å². The Morgan fingerprint density at radius 1 is 0.605 bits per heavy atom. The molecule has 0 aromatic heterocycles. The smallest absolute Gasteiger partial charge is 0.0665 e. The molecule has 0 bridgehead atoms. The van der Waals surface area contributed by atoms with Gasteiger partial charge in [-0.3, -0.25) is 9.98 Å². The molecule has 2 nitrogen and oxygen atoms in total. The van der Waals surface area contributed by atoms with Crippen LogP contribution >= 0.6 is 0 Å². The monoisotopic (exact) mass is 558 g/mol. The third-order valence-electron chi connectivity index (χ3n) is 6.92. The third-order valence-corrected chi connectivity index (χ3v) is 6.92. The van der Waals surface area contributed by atoms with Crippen molar-refractivity contribution in [1.29, 1.82) is 0 Å². The summed E-state index contributed by atoms with van der Waals surface area (Å²) in [6.07, 6.45) is 24.8. The molecule has 0 N–H and O–H groups in total. The molecule has 3 heteroatoms. The molecular weight excluding hydrogens is 507 g/mol. The number of unbranched alkanes of at least 4 members (excludes halogenated alkanes) is 10. The van der Waals surface area contributed by atoms with Crippen molar-refractivity contribution in [2.75, 3.05) is 0 Å². The van der Waals surface area contributed by atoms with Gasteiger partial charge in [-0.1, -0.05) is 127 Å². The summed E-state index contributed by atoms with van der Waals surface area (Å²) in [6, 6.07) is 18.9. The Morgan fingerprint density at radius 3 is 1.89 bits per heavy atom. The number of nitrogens with zero attached hydrogens (tertiary/aromatic N) is 2. The van der Waals surface area contributed by atoms with Gasteiger partial charge in [0.05, 0.1) is 22.8 Å². The predicted molar refractivity (Wildman–Crippen MR) is 166 cm³/mol. The van der Waals surface area contributed by atoms with Crippen LogP contribution in [0.2, 0.25) is 0 Å².